The Hall–Kier alpha value is -1.45. The van der Waals surface area contributed by atoms with Crippen LogP contribution in [0.25, 0.3) is 0 Å². The van der Waals surface area contributed by atoms with Crippen LogP contribution < -0.4 is 16.0 Å². The lowest BCUT2D eigenvalue weighted by molar-refractivity contribution is 0.0527. The summed E-state index contributed by atoms with van der Waals surface area (Å²) in [6, 6.07) is 3.83. The number of carbonyl (C=O) groups is 1. The molecular weight excluding hydrogens is 435 g/mol. The number of halogens is 1. The molecule has 0 unspecified atom stereocenters. The molecule has 1 aromatic heterocycles. The minimum atomic E-state index is -0.474. The van der Waals surface area contributed by atoms with Gasteiger partial charge in [0.25, 0.3) is 0 Å². The highest BCUT2D eigenvalue weighted by Gasteiger charge is 2.15. The zero-order valence-corrected chi connectivity index (χ0v) is 17.9. The normalized spacial score (nSPS) is 11.4. The molecule has 0 fully saturated rings. The number of alkyl carbamates (subject to hydrolysis) is 1. The molecule has 1 amide bonds. The number of carbonyl (C=O) groups excluding carboxylic acids is 1. The van der Waals surface area contributed by atoms with Crippen LogP contribution in [0.1, 0.15) is 39.9 Å². The summed E-state index contributed by atoms with van der Waals surface area (Å²) in [4.78, 5) is 16.0. The fourth-order valence-corrected chi connectivity index (χ4v) is 1.88. The zero-order valence-electron chi connectivity index (χ0n) is 15.6. The molecule has 0 bridgehead atoms. The van der Waals surface area contributed by atoms with Crippen molar-refractivity contribution in [3.63, 3.8) is 0 Å². The molecule has 1 heterocycles. The fraction of sp³-hybridized carbons (Fsp3) is 0.647. The number of ether oxygens (including phenoxy) is 1. The highest BCUT2D eigenvalue weighted by atomic mass is 127. The molecule has 8 heteroatoms. The molecule has 0 aliphatic rings. The summed E-state index contributed by atoms with van der Waals surface area (Å²) < 4.78 is 10.5. The first-order chi connectivity index (χ1) is 11.4. The number of nitrogens with zero attached hydrogens (tertiary/aromatic N) is 1. The predicted octanol–water partition coefficient (Wildman–Crippen LogP) is 2.91. The van der Waals surface area contributed by atoms with Gasteiger partial charge in [-0.1, -0.05) is 0 Å². The van der Waals surface area contributed by atoms with Gasteiger partial charge >= 0.3 is 6.09 Å². The average molecular weight is 466 g/mol. The van der Waals surface area contributed by atoms with Crippen molar-refractivity contribution in [2.75, 3.05) is 26.2 Å². The van der Waals surface area contributed by atoms with Crippen LogP contribution in [0.3, 0.4) is 0 Å². The summed E-state index contributed by atoms with van der Waals surface area (Å²) >= 11 is 0. The monoisotopic (exact) mass is 466 g/mol. The number of hydrogen-bond acceptors (Lipinski definition) is 4. The Bertz CT molecular complexity index is 498. The molecule has 0 radical (unpaired) electrons. The molecular formula is C17H31IN4O3. The second kappa shape index (κ2) is 12.8. The van der Waals surface area contributed by atoms with Gasteiger partial charge in [-0.05, 0) is 46.2 Å². The van der Waals surface area contributed by atoms with Gasteiger partial charge < -0.3 is 25.1 Å². The Kier molecular flexibility index (Phi) is 12.1. The minimum absolute atomic E-state index is 0. The van der Waals surface area contributed by atoms with E-state index in [2.05, 4.69) is 20.9 Å². The molecule has 25 heavy (non-hydrogen) atoms. The molecule has 0 saturated heterocycles. The van der Waals surface area contributed by atoms with Crippen molar-refractivity contribution >= 4 is 36.0 Å². The molecule has 0 aliphatic carbocycles. The van der Waals surface area contributed by atoms with Gasteiger partial charge in [0.15, 0.2) is 5.96 Å². The molecule has 0 spiro atoms. The quantitative estimate of drug-likeness (QED) is 0.237. The van der Waals surface area contributed by atoms with Crippen molar-refractivity contribution < 1.29 is 13.9 Å². The molecule has 0 saturated carbocycles. The number of aliphatic imine (C=N–C) groups is 1. The maximum absolute atomic E-state index is 11.5. The lowest BCUT2D eigenvalue weighted by atomic mass is 10.2. The van der Waals surface area contributed by atoms with Crippen LogP contribution in [0.15, 0.2) is 27.8 Å². The molecule has 0 aromatic carbocycles. The lowest BCUT2D eigenvalue weighted by Gasteiger charge is -2.19. The van der Waals surface area contributed by atoms with Gasteiger partial charge in [0, 0.05) is 32.6 Å². The van der Waals surface area contributed by atoms with E-state index >= 15 is 0 Å². The van der Waals surface area contributed by atoms with Crippen LogP contribution in [0, 0.1) is 0 Å². The van der Waals surface area contributed by atoms with Gasteiger partial charge in [0.1, 0.15) is 11.4 Å². The number of hydrogen-bond donors (Lipinski definition) is 3. The summed E-state index contributed by atoms with van der Waals surface area (Å²) in [5.41, 5.74) is -0.474. The van der Waals surface area contributed by atoms with E-state index in [1.165, 1.54) is 0 Å². The van der Waals surface area contributed by atoms with Gasteiger partial charge in [-0.25, -0.2) is 4.79 Å². The topological polar surface area (TPSA) is 87.9 Å². The molecule has 1 aromatic rings. The van der Waals surface area contributed by atoms with Crippen molar-refractivity contribution in [3.8, 4) is 0 Å². The first-order valence-electron chi connectivity index (χ1n) is 8.42. The van der Waals surface area contributed by atoms with E-state index in [9.17, 15) is 4.79 Å². The first-order valence-corrected chi connectivity index (χ1v) is 8.42. The van der Waals surface area contributed by atoms with Crippen LogP contribution in [0.4, 0.5) is 4.79 Å². The van der Waals surface area contributed by atoms with Crippen LogP contribution >= 0.6 is 24.0 Å². The first kappa shape index (κ1) is 23.5. The van der Waals surface area contributed by atoms with Gasteiger partial charge in [-0.2, -0.15) is 0 Å². The van der Waals surface area contributed by atoms with Gasteiger partial charge in [-0.3, -0.25) is 4.99 Å². The Balaban J connectivity index is 0.00000576. The smallest absolute Gasteiger partial charge is 0.407 e. The second-order valence-electron chi connectivity index (χ2n) is 6.30. The highest BCUT2D eigenvalue weighted by Crippen LogP contribution is 2.06. The zero-order chi connectivity index (χ0) is 17.8. The van der Waals surface area contributed by atoms with E-state index in [4.69, 9.17) is 9.15 Å². The van der Waals surface area contributed by atoms with Crippen molar-refractivity contribution in [3.05, 3.63) is 24.2 Å². The Labute approximate surface area is 167 Å². The third-order valence-electron chi connectivity index (χ3n) is 2.86. The van der Waals surface area contributed by atoms with E-state index in [0.717, 1.165) is 37.7 Å². The maximum atomic E-state index is 11.5. The average Bonchev–Trinajstić information content (AvgIpc) is 2.98. The molecule has 3 N–H and O–H groups in total. The molecule has 0 atom stereocenters. The standard InChI is InChI=1S/C17H30N4O3.HI/c1-5-18-15(20-12-9-14-8-6-13-23-14)19-10-7-11-21-16(22)24-17(2,3)4;/h6,8,13H,5,7,9-12H2,1-4H3,(H,21,22)(H2,18,19,20);1H. The van der Waals surface area contributed by atoms with E-state index in [1.54, 1.807) is 6.26 Å². The SMILES string of the molecule is CCNC(=NCCCNC(=O)OC(C)(C)C)NCCc1ccco1.I. The van der Waals surface area contributed by atoms with Crippen molar-refractivity contribution in [1.82, 2.24) is 16.0 Å². The predicted molar refractivity (Wildman–Crippen MR) is 111 cm³/mol. The fourth-order valence-electron chi connectivity index (χ4n) is 1.88. The third-order valence-corrected chi connectivity index (χ3v) is 2.86. The molecule has 144 valence electrons. The highest BCUT2D eigenvalue weighted by molar-refractivity contribution is 14.0. The van der Waals surface area contributed by atoms with E-state index in [0.29, 0.717) is 13.1 Å². The molecule has 1 rings (SSSR count). The second-order valence-corrected chi connectivity index (χ2v) is 6.30. The van der Waals surface area contributed by atoms with E-state index in [1.807, 2.05) is 39.8 Å². The van der Waals surface area contributed by atoms with Crippen molar-refractivity contribution in [1.29, 1.82) is 0 Å². The van der Waals surface area contributed by atoms with Crippen molar-refractivity contribution in [2.24, 2.45) is 4.99 Å². The minimum Gasteiger partial charge on any atom is -0.469 e. The Morgan fingerprint density at radius 1 is 1.24 bits per heavy atom. The maximum Gasteiger partial charge on any atom is 0.407 e. The van der Waals surface area contributed by atoms with E-state index < -0.39 is 11.7 Å². The summed E-state index contributed by atoms with van der Waals surface area (Å²) in [7, 11) is 0. The molecule has 7 nitrogen and oxygen atoms in total. The number of rotatable bonds is 8. The number of amides is 1. The Morgan fingerprint density at radius 2 is 2.00 bits per heavy atom. The third kappa shape index (κ3) is 12.5. The summed E-state index contributed by atoms with van der Waals surface area (Å²) in [6.45, 7) is 10.2. The summed E-state index contributed by atoms with van der Waals surface area (Å²) in [5, 5.41) is 9.17. The number of nitrogens with one attached hydrogen (secondary N) is 3. The van der Waals surface area contributed by atoms with Crippen LogP contribution in [-0.2, 0) is 11.2 Å². The van der Waals surface area contributed by atoms with Gasteiger partial charge in [-0.15, -0.1) is 24.0 Å². The van der Waals surface area contributed by atoms with Gasteiger partial charge in [0.05, 0.1) is 6.26 Å². The van der Waals surface area contributed by atoms with Crippen LogP contribution in [0.5, 0.6) is 0 Å². The molecule has 0 aliphatic heterocycles. The largest absolute Gasteiger partial charge is 0.469 e. The summed E-state index contributed by atoms with van der Waals surface area (Å²) in [6.07, 6.45) is 2.83. The van der Waals surface area contributed by atoms with Crippen LogP contribution in [0.2, 0.25) is 0 Å². The van der Waals surface area contributed by atoms with E-state index in [-0.39, 0.29) is 24.0 Å². The summed E-state index contributed by atoms with van der Waals surface area (Å²) in [5.74, 6) is 1.71. The lowest BCUT2D eigenvalue weighted by Crippen LogP contribution is -2.38. The van der Waals surface area contributed by atoms with Crippen LogP contribution in [-0.4, -0.2) is 43.8 Å². The number of guanidine groups is 1. The number of furan rings is 1. The van der Waals surface area contributed by atoms with Crippen molar-refractivity contribution in [2.45, 2.75) is 46.1 Å². The Morgan fingerprint density at radius 3 is 2.60 bits per heavy atom. The van der Waals surface area contributed by atoms with Gasteiger partial charge in [0.2, 0.25) is 0 Å².